The van der Waals surface area contributed by atoms with E-state index in [0.29, 0.717) is 6.54 Å². The molecule has 4 nitrogen and oxygen atoms in total. The number of hydrogen-bond donors (Lipinski definition) is 1. The van der Waals surface area contributed by atoms with Crippen LogP contribution in [0.4, 0.5) is 0 Å². The molecule has 0 saturated heterocycles. The molecule has 0 saturated carbocycles. The molecule has 0 atom stereocenters. The van der Waals surface area contributed by atoms with E-state index < -0.39 is 0 Å². The van der Waals surface area contributed by atoms with Crippen LogP contribution in [0.1, 0.15) is 28.6 Å². The van der Waals surface area contributed by atoms with E-state index in [1.165, 1.54) is 10.9 Å². The number of nitrogens with zero attached hydrogens (tertiary/aromatic N) is 2. The number of aromatic nitrogens is 2. The van der Waals surface area contributed by atoms with Gasteiger partial charge in [-0.2, -0.15) is 0 Å². The Labute approximate surface area is 124 Å². The van der Waals surface area contributed by atoms with Gasteiger partial charge in [0.05, 0.1) is 17.8 Å². The molecule has 2 aromatic heterocycles. The maximum Gasteiger partial charge on any atom is 0.208 e. The van der Waals surface area contributed by atoms with Crippen LogP contribution in [0, 0.1) is 20.8 Å². The van der Waals surface area contributed by atoms with Crippen LogP contribution < -0.4 is 5.32 Å². The second kappa shape index (κ2) is 5.66. The molecule has 1 N–H and O–H groups in total. The summed E-state index contributed by atoms with van der Waals surface area (Å²) in [6.07, 6.45) is 0. The minimum atomic E-state index is 0.638. The number of rotatable bonds is 4. The highest BCUT2D eigenvalue weighted by Gasteiger charge is 2.05. The quantitative estimate of drug-likeness (QED) is 0.796. The van der Waals surface area contributed by atoms with Crippen molar-refractivity contribution in [3.63, 3.8) is 0 Å². The first kappa shape index (κ1) is 13.8. The average molecular weight is 281 g/mol. The van der Waals surface area contributed by atoms with E-state index in [0.717, 1.165) is 35.1 Å². The van der Waals surface area contributed by atoms with Crippen molar-refractivity contribution in [3.05, 3.63) is 58.9 Å². The fourth-order valence-corrected chi connectivity index (χ4v) is 2.32. The van der Waals surface area contributed by atoms with E-state index in [-0.39, 0.29) is 0 Å². The van der Waals surface area contributed by atoms with Crippen molar-refractivity contribution in [2.24, 2.45) is 0 Å². The molecule has 0 amide bonds. The normalized spacial score (nSPS) is 11.2. The Hall–Kier alpha value is -2.20. The molecule has 3 aromatic rings. The van der Waals surface area contributed by atoms with Gasteiger partial charge in [0.1, 0.15) is 5.76 Å². The summed E-state index contributed by atoms with van der Waals surface area (Å²) in [5.41, 5.74) is 4.27. The molecule has 0 aliphatic rings. The average Bonchev–Trinajstić information content (AvgIpc) is 2.78. The molecule has 0 radical (unpaired) electrons. The summed E-state index contributed by atoms with van der Waals surface area (Å²) in [6, 6.07) is 10.5. The number of oxazole rings is 1. The minimum Gasteiger partial charge on any atom is -0.444 e. The topological polar surface area (TPSA) is 51.0 Å². The molecule has 0 fully saturated rings. The lowest BCUT2D eigenvalue weighted by molar-refractivity contribution is 0.448. The number of hydrogen-bond acceptors (Lipinski definition) is 4. The fraction of sp³-hybridized carbons (Fsp3) is 0.294. The van der Waals surface area contributed by atoms with Crippen LogP contribution in [0.25, 0.3) is 10.9 Å². The predicted octanol–water partition coefficient (Wildman–Crippen LogP) is 3.44. The van der Waals surface area contributed by atoms with Crippen molar-refractivity contribution in [2.75, 3.05) is 0 Å². The second-order valence-electron chi connectivity index (χ2n) is 5.33. The molecule has 4 heteroatoms. The summed E-state index contributed by atoms with van der Waals surface area (Å²) >= 11 is 0. The SMILES string of the molecule is Cc1ccc2cc(CNCc3nc(C)c(C)o3)ccc2n1. The Bertz CT molecular complexity index is 757. The Balaban J connectivity index is 1.66. The van der Waals surface area contributed by atoms with Crippen molar-refractivity contribution in [2.45, 2.75) is 33.9 Å². The molecule has 0 spiro atoms. The molecule has 21 heavy (non-hydrogen) atoms. The molecule has 108 valence electrons. The standard InChI is InChI=1S/C17H19N3O/c1-11-4-6-15-8-14(5-7-16(15)19-11)9-18-10-17-20-12(2)13(3)21-17/h4-8,18H,9-10H2,1-3H3. The zero-order valence-corrected chi connectivity index (χ0v) is 12.6. The van der Waals surface area contributed by atoms with E-state index >= 15 is 0 Å². The molecular formula is C17H19N3O. The summed E-state index contributed by atoms with van der Waals surface area (Å²) in [5, 5.41) is 4.53. The van der Waals surface area contributed by atoms with Gasteiger partial charge in [-0.05, 0) is 44.5 Å². The zero-order valence-electron chi connectivity index (χ0n) is 12.6. The molecule has 0 aliphatic carbocycles. The van der Waals surface area contributed by atoms with Crippen molar-refractivity contribution in [1.82, 2.24) is 15.3 Å². The van der Waals surface area contributed by atoms with Crippen LogP contribution in [0.3, 0.4) is 0 Å². The van der Waals surface area contributed by atoms with Crippen LogP contribution in [0.2, 0.25) is 0 Å². The van der Waals surface area contributed by atoms with Gasteiger partial charge in [-0.15, -0.1) is 0 Å². The number of pyridine rings is 1. The second-order valence-corrected chi connectivity index (χ2v) is 5.33. The third-order valence-electron chi connectivity index (χ3n) is 3.57. The summed E-state index contributed by atoms with van der Waals surface area (Å²) in [6.45, 7) is 7.32. The van der Waals surface area contributed by atoms with Gasteiger partial charge in [-0.3, -0.25) is 4.98 Å². The number of fused-ring (bicyclic) bond motifs is 1. The van der Waals surface area contributed by atoms with E-state index in [2.05, 4.69) is 39.6 Å². The van der Waals surface area contributed by atoms with Crippen molar-refractivity contribution in [3.8, 4) is 0 Å². The lowest BCUT2D eigenvalue weighted by Crippen LogP contribution is -2.12. The fourth-order valence-electron chi connectivity index (χ4n) is 2.32. The summed E-state index contributed by atoms with van der Waals surface area (Å²) in [7, 11) is 0. The molecular weight excluding hydrogens is 262 g/mol. The van der Waals surface area contributed by atoms with Gasteiger partial charge < -0.3 is 9.73 Å². The van der Waals surface area contributed by atoms with Crippen LogP contribution >= 0.6 is 0 Å². The van der Waals surface area contributed by atoms with E-state index in [9.17, 15) is 0 Å². The third kappa shape index (κ3) is 3.11. The Kier molecular flexibility index (Phi) is 3.71. The summed E-state index contributed by atoms with van der Waals surface area (Å²) < 4.78 is 5.55. The van der Waals surface area contributed by atoms with Gasteiger partial charge in [0.25, 0.3) is 0 Å². The molecule has 0 bridgehead atoms. The zero-order chi connectivity index (χ0) is 14.8. The first-order chi connectivity index (χ1) is 10.1. The van der Waals surface area contributed by atoms with Crippen LogP contribution in [-0.4, -0.2) is 9.97 Å². The first-order valence-corrected chi connectivity index (χ1v) is 7.12. The monoisotopic (exact) mass is 281 g/mol. The molecule has 0 unspecified atom stereocenters. The van der Waals surface area contributed by atoms with Gasteiger partial charge in [-0.1, -0.05) is 12.1 Å². The third-order valence-corrected chi connectivity index (χ3v) is 3.57. The van der Waals surface area contributed by atoms with E-state index in [1.54, 1.807) is 0 Å². The Morgan fingerprint density at radius 1 is 1.00 bits per heavy atom. The van der Waals surface area contributed by atoms with Crippen molar-refractivity contribution >= 4 is 10.9 Å². The van der Waals surface area contributed by atoms with Crippen LogP contribution in [-0.2, 0) is 13.1 Å². The highest BCUT2D eigenvalue weighted by molar-refractivity contribution is 5.79. The van der Waals surface area contributed by atoms with E-state index in [4.69, 9.17) is 4.42 Å². The smallest absolute Gasteiger partial charge is 0.208 e. The number of aryl methyl sites for hydroxylation is 3. The van der Waals surface area contributed by atoms with Gasteiger partial charge in [0, 0.05) is 17.6 Å². The highest BCUT2D eigenvalue weighted by Crippen LogP contribution is 2.15. The van der Waals surface area contributed by atoms with E-state index in [1.807, 2.05) is 26.8 Å². The van der Waals surface area contributed by atoms with Gasteiger partial charge in [0.2, 0.25) is 5.89 Å². The minimum absolute atomic E-state index is 0.638. The largest absolute Gasteiger partial charge is 0.444 e. The highest BCUT2D eigenvalue weighted by atomic mass is 16.4. The molecule has 3 rings (SSSR count). The number of benzene rings is 1. The summed E-state index contributed by atoms with van der Waals surface area (Å²) in [5.74, 6) is 1.63. The predicted molar refractivity (Wildman–Crippen MR) is 83.0 cm³/mol. The number of nitrogens with one attached hydrogen (secondary N) is 1. The van der Waals surface area contributed by atoms with Gasteiger partial charge in [-0.25, -0.2) is 4.98 Å². The first-order valence-electron chi connectivity index (χ1n) is 7.12. The molecule has 2 heterocycles. The Morgan fingerprint density at radius 2 is 1.86 bits per heavy atom. The lowest BCUT2D eigenvalue weighted by atomic mass is 10.1. The van der Waals surface area contributed by atoms with Gasteiger partial charge in [0.15, 0.2) is 0 Å². The van der Waals surface area contributed by atoms with Crippen LogP contribution in [0.15, 0.2) is 34.7 Å². The van der Waals surface area contributed by atoms with Crippen LogP contribution in [0.5, 0.6) is 0 Å². The maximum absolute atomic E-state index is 5.55. The van der Waals surface area contributed by atoms with Gasteiger partial charge >= 0.3 is 0 Å². The summed E-state index contributed by atoms with van der Waals surface area (Å²) in [4.78, 5) is 8.87. The maximum atomic E-state index is 5.55. The lowest BCUT2D eigenvalue weighted by Gasteiger charge is -2.05. The molecule has 0 aliphatic heterocycles. The van der Waals surface area contributed by atoms with Crippen molar-refractivity contribution in [1.29, 1.82) is 0 Å². The molecule has 1 aromatic carbocycles. The van der Waals surface area contributed by atoms with Crippen molar-refractivity contribution < 1.29 is 4.42 Å². The Morgan fingerprint density at radius 3 is 2.62 bits per heavy atom.